The molecule has 3 nitrogen and oxygen atoms in total. The van der Waals surface area contributed by atoms with Crippen LogP contribution in [0.1, 0.15) is 30.5 Å². The van der Waals surface area contributed by atoms with Crippen molar-refractivity contribution in [3.05, 3.63) is 88.4 Å². The fourth-order valence-corrected chi connectivity index (χ4v) is 2.92. The van der Waals surface area contributed by atoms with Gasteiger partial charge in [0.25, 0.3) is 0 Å². The van der Waals surface area contributed by atoms with E-state index in [1.807, 2.05) is 67.7 Å². The van der Waals surface area contributed by atoms with E-state index in [4.69, 9.17) is 21.1 Å². The molecule has 0 spiro atoms. The van der Waals surface area contributed by atoms with Crippen LogP contribution in [-0.2, 0) is 13.0 Å². The molecule has 0 atom stereocenters. The van der Waals surface area contributed by atoms with Crippen LogP contribution in [0.3, 0.4) is 0 Å². The third-order valence-corrected chi connectivity index (χ3v) is 4.68. The van der Waals surface area contributed by atoms with Crippen molar-refractivity contribution in [3.8, 4) is 11.5 Å². The first kappa shape index (κ1) is 20.0. The zero-order valence-electron chi connectivity index (χ0n) is 16.2. The van der Waals surface area contributed by atoms with Gasteiger partial charge >= 0.3 is 0 Å². The van der Waals surface area contributed by atoms with Gasteiger partial charge in [-0.2, -0.15) is 0 Å². The predicted molar refractivity (Wildman–Crippen MR) is 116 cm³/mol. The maximum atomic E-state index is 6.21. The number of ether oxygens (including phenoxy) is 2. The summed E-state index contributed by atoms with van der Waals surface area (Å²) in [6, 6.07) is 21.7. The molecule has 0 unspecified atom stereocenters. The maximum Gasteiger partial charge on any atom is 0.161 e. The molecule has 0 aliphatic carbocycles. The van der Waals surface area contributed by atoms with Gasteiger partial charge in [-0.1, -0.05) is 48.9 Å². The molecular formula is C24H24ClNO2. The number of aryl methyl sites for hydroxylation is 1. The zero-order chi connectivity index (χ0) is 19.8. The van der Waals surface area contributed by atoms with Crippen molar-refractivity contribution < 1.29 is 9.47 Å². The van der Waals surface area contributed by atoms with E-state index in [1.54, 1.807) is 0 Å². The molecule has 3 rings (SSSR count). The summed E-state index contributed by atoms with van der Waals surface area (Å²) in [5.41, 5.74) is 4.12. The highest BCUT2D eigenvalue weighted by Crippen LogP contribution is 2.30. The smallest absolute Gasteiger partial charge is 0.161 e. The Labute approximate surface area is 171 Å². The molecule has 3 aromatic carbocycles. The molecule has 4 heteroatoms. The van der Waals surface area contributed by atoms with Crippen LogP contribution in [0, 0.1) is 0 Å². The van der Waals surface area contributed by atoms with Crippen LogP contribution in [0.25, 0.3) is 0 Å². The zero-order valence-corrected chi connectivity index (χ0v) is 16.9. The second-order valence-electron chi connectivity index (χ2n) is 6.30. The molecule has 0 saturated heterocycles. The van der Waals surface area contributed by atoms with Crippen LogP contribution in [0.15, 0.2) is 71.7 Å². The fraction of sp³-hybridized carbons (Fsp3) is 0.208. The summed E-state index contributed by atoms with van der Waals surface area (Å²) in [7, 11) is 0. The van der Waals surface area contributed by atoms with E-state index >= 15 is 0 Å². The molecule has 0 aromatic heterocycles. The summed E-state index contributed by atoms with van der Waals surface area (Å²) >= 11 is 6.21. The van der Waals surface area contributed by atoms with E-state index in [0.717, 1.165) is 23.2 Å². The maximum absolute atomic E-state index is 6.21. The topological polar surface area (TPSA) is 30.8 Å². The molecule has 28 heavy (non-hydrogen) atoms. The number of hydrogen-bond donors (Lipinski definition) is 0. The Morgan fingerprint density at radius 3 is 2.39 bits per heavy atom. The lowest BCUT2D eigenvalue weighted by Crippen LogP contribution is -2.00. The molecule has 0 saturated carbocycles. The largest absolute Gasteiger partial charge is 0.490 e. The van der Waals surface area contributed by atoms with Gasteiger partial charge in [-0.15, -0.1) is 0 Å². The molecule has 0 aliphatic heterocycles. The summed E-state index contributed by atoms with van der Waals surface area (Å²) < 4.78 is 11.7. The third kappa shape index (κ3) is 5.37. The molecule has 3 aromatic rings. The Kier molecular flexibility index (Phi) is 7.10. The minimum Gasteiger partial charge on any atom is -0.490 e. The van der Waals surface area contributed by atoms with E-state index in [1.165, 1.54) is 5.56 Å². The van der Waals surface area contributed by atoms with Gasteiger partial charge in [0.1, 0.15) is 6.61 Å². The fourth-order valence-electron chi connectivity index (χ4n) is 2.73. The molecule has 0 radical (unpaired) electrons. The first-order valence-electron chi connectivity index (χ1n) is 9.45. The summed E-state index contributed by atoms with van der Waals surface area (Å²) in [6.07, 6.45) is 2.86. The molecule has 0 heterocycles. The second-order valence-corrected chi connectivity index (χ2v) is 6.70. The van der Waals surface area contributed by atoms with E-state index in [-0.39, 0.29) is 0 Å². The lowest BCUT2D eigenvalue weighted by molar-refractivity contribution is 0.269. The SMILES string of the molecule is CCOc1cc(C=Nc2ccc(CC)cc2)ccc1OCc1ccccc1Cl. The van der Waals surface area contributed by atoms with Crippen LogP contribution < -0.4 is 9.47 Å². The number of rotatable bonds is 8. The Bertz CT molecular complexity index is 936. The van der Waals surface area contributed by atoms with E-state index in [0.29, 0.717) is 29.7 Å². The number of hydrogen-bond acceptors (Lipinski definition) is 3. The molecule has 0 N–H and O–H groups in total. The minimum atomic E-state index is 0.386. The quantitative estimate of drug-likeness (QED) is 0.402. The molecule has 0 amide bonds. The lowest BCUT2D eigenvalue weighted by Gasteiger charge is -2.13. The normalized spacial score (nSPS) is 11.0. The Morgan fingerprint density at radius 1 is 0.893 bits per heavy atom. The van der Waals surface area contributed by atoms with Crippen molar-refractivity contribution in [3.63, 3.8) is 0 Å². The van der Waals surface area contributed by atoms with Gasteiger partial charge in [-0.3, -0.25) is 4.99 Å². The van der Waals surface area contributed by atoms with Gasteiger partial charge in [0.15, 0.2) is 11.5 Å². The van der Waals surface area contributed by atoms with Crippen LogP contribution in [0.4, 0.5) is 5.69 Å². The standard InChI is InChI=1S/C24H24ClNO2/c1-3-18-9-12-21(13-10-18)26-16-19-11-14-23(24(15-19)27-4-2)28-17-20-7-5-6-8-22(20)25/h5-16H,3-4,17H2,1-2H3. The Balaban J connectivity index is 1.74. The van der Waals surface area contributed by atoms with Crippen molar-refractivity contribution in [1.82, 2.24) is 0 Å². The Hall–Kier alpha value is -2.78. The van der Waals surface area contributed by atoms with Crippen LogP contribution in [0.2, 0.25) is 5.02 Å². The Morgan fingerprint density at radius 2 is 1.68 bits per heavy atom. The average molecular weight is 394 g/mol. The first-order valence-corrected chi connectivity index (χ1v) is 9.83. The number of aliphatic imine (C=N–C) groups is 1. The molecule has 0 fully saturated rings. The highest BCUT2D eigenvalue weighted by atomic mass is 35.5. The van der Waals surface area contributed by atoms with E-state index in [2.05, 4.69) is 24.0 Å². The molecule has 0 bridgehead atoms. The highest BCUT2D eigenvalue weighted by Gasteiger charge is 2.08. The van der Waals surface area contributed by atoms with Crippen molar-refractivity contribution in [2.45, 2.75) is 26.9 Å². The minimum absolute atomic E-state index is 0.386. The second kappa shape index (κ2) is 9.95. The van der Waals surface area contributed by atoms with Crippen molar-refractivity contribution >= 4 is 23.5 Å². The molecule has 0 aliphatic rings. The van der Waals surface area contributed by atoms with Gasteiger partial charge in [0.2, 0.25) is 0 Å². The monoisotopic (exact) mass is 393 g/mol. The lowest BCUT2D eigenvalue weighted by atomic mass is 10.1. The van der Waals surface area contributed by atoms with Gasteiger partial charge in [0, 0.05) is 16.8 Å². The number of benzene rings is 3. The number of nitrogens with zero attached hydrogens (tertiary/aromatic N) is 1. The summed E-state index contributed by atoms with van der Waals surface area (Å²) in [4.78, 5) is 4.55. The van der Waals surface area contributed by atoms with Crippen LogP contribution in [0.5, 0.6) is 11.5 Å². The van der Waals surface area contributed by atoms with Crippen molar-refractivity contribution in [2.75, 3.05) is 6.61 Å². The average Bonchev–Trinajstić information content (AvgIpc) is 2.73. The third-order valence-electron chi connectivity index (χ3n) is 4.32. The summed E-state index contributed by atoms with van der Waals surface area (Å²) in [6.45, 7) is 5.04. The molecular weight excluding hydrogens is 370 g/mol. The summed E-state index contributed by atoms with van der Waals surface area (Å²) in [5.74, 6) is 1.38. The van der Waals surface area contributed by atoms with Crippen molar-refractivity contribution in [2.24, 2.45) is 4.99 Å². The van der Waals surface area contributed by atoms with Gasteiger partial charge in [0.05, 0.1) is 12.3 Å². The van der Waals surface area contributed by atoms with E-state index < -0.39 is 0 Å². The van der Waals surface area contributed by atoms with Crippen LogP contribution in [-0.4, -0.2) is 12.8 Å². The molecule has 144 valence electrons. The van der Waals surface area contributed by atoms with Crippen molar-refractivity contribution in [1.29, 1.82) is 0 Å². The number of halogens is 1. The van der Waals surface area contributed by atoms with E-state index in [9.17, 15) is 0 Å². The predicted octanol–water partition coefficient (Wildman–Crippen LogP) is 6.63. The van der Waals surface area contributed by atoms with Crippen LogP contribution >= 0.6 is 11.6 Å². The van der Waals surface area contributed by atoms with Gasteiger partial charge in [-0.05, 0) is 60.9 Å². The summed E-state index contributed by atoms with van der Waals surface area (Å²) in [5, 5.41) is 0.693. The first-order chi connectivity index (χ1) is 13.7. The van der Waals surface area contributed by atoms with Gasteiger partial charge < -0.3 is 9.47 Å². The highest BCUT2D eigenvalue weighted by molar-refractivity contribution is 6.31. The van der Waals surface area contributed by atoms with Gasteiger partial charge in [-0.25, -0.2) is 0 Å².